The van der Waals surface area contributed by atoms with Crippen LogP contribution < -0.4 is 5.46 Å². The predicted octanol–water partition coefficient (Wildman–Crippen LogP) is 1.48. The number of thiophene rings is 1. The zero-order valence-electron chi connectivity index (χ0n) is 6.87. The van der Waals surface area contributed by atoms with Crippen LogP contribution in [0.4, 0.5) is 4.39 Å². The van der Waals surface area contributed by atoms with Crippen LogP contribution in [0.25, 0.3) is 10.1 Å². The van der Waals surface area contributed by atoms with Crippen LogP contribution >= 0.6 is 27.3 Å². The summed E-state index contributed by atoms with van der Waals surface area (Å²) in [5.41, 5.74) is 0.353. The highest BCUT2D eigenvalue weighted by Crippen LogP contribution is 2.29. The summed E-state index contributed by atoms with van der Waals surface area (Å²) in [6.07, 6.45) is 0. The zero-order valence-corrected chi connectivity index (χ0v) is 9.27. The van der Waals surface area contributed by atoms with Gasteiger partial charge in [0.05, 0.1) is 0 Å². The Balaban J connectivity index is 2.71. The minimum absolute atomic E-state index is 0.287. The molecular formula is C8H5BBrFO2S. The molecule has 0 unspecified atom stereocenters. The van der Waals surface area contributed by atoms with Crippen molar-refractivity contribution in [2.45, 2.75) is 0 Å². The third kappa shape index (κ3) is 1.70. The van der Waals surface area contributed by atoms with Gasteiger partial charge in [-0.25, -0.2) is 0 Å². The Morgan fingerprint density at radius 3 is 2.64 bits per heavy atom. The molecule has 2 aromatic rings. The molecule has 1 aromatic carbocycles. The molecule has 1 aromatic heterocycles. The molecule has 2 N–H and O–H groups in total. The fraction of sp³-hybridized carbons (Fsp3) is 0. The first-order valence-electron chi connectivity index (χ1n) is 3.82. The predicted molar refractivity (Wildman–Crippen MR) is 59.3 cm³/mol. The highest BCUT2D eigenvalue weighted by molar-refractivity contribution is 9.10. The average Bonchev–Trinajstić information content (AvgIpc) is 2.45. The van der Waals surface area contributed by atoms with Crippen LogP contribution in [0.3, 0.4) is 0 Å². The van der Waals surface area contributed by atoms with Gasteiger partial charge in [-0.3, -0.25) is 0 Å². The lowest BCUT2D eigenvalue weighted by atomic mass is 9.80. The monoisotopic (exact) mass is 274 g/mol. The van der Waals surface area contributed by atoms with E-state index in [1.54, 1.807) is 12.1 Å². The minimum Gasteiger partial charge on any atom is -0.423 e. The van der Waals surface area contributed by atoms with Crippen molar-refractivity contribution in [2.24, 2.45) is 0 Å². The first-order chi connectivity index (χ1) is 6.58. The van der Waals surface area contributed by atoms with Gasteiger partial charge in [-0.05, 0) is 23.7 Å². The molecule has 0 amide bonds. The largest absolute Gasteiger partial charge is 0.488 e. The van der Waals surface area contributed by atoms with E-state index in [0.29, 0.717) is 14.6 Å². The van der Waals surface area contributed by atoms with E-state index in [-0.39, 0.29) is 5.13 Å². The minimum atomic E-state index is -1.53. The van der Waals surface area contributed by atoms with Crippen molar-refractivity contribution in [3.05, 3.63) is 27.8 Å². The smallest absolute Gasteiger partial charge is 0.423 e. The van der Waals surface area contributed by atoms with Gasteiger partial charge in [0.1, 0.15) is 0 Å². The standard InChI is InChI=1S/C8H5BBrFO2S/c10-6-1-4(9(12)13)2-7-5(6)3-8(11)14-7/h1-3,12-13H. The topological polar surface area (TPSA) is 40.5 Å². The number of fused-ring (bicyclic) bond motifs is 1. The highest BCUT2D eigenvalue weighted by atomic mass is 79.9. The van der Waals surface area contributed by atoms with Gasteiger partial charge in [-0.15, -0.1) is 11.3 Å². The maximum absolute atomic E-state index is 12.9. The summed E-state index contributed by atoms with van der Waals surface area (Å²) in [4.78, 5) is 0. The van der Waals surface area contributed by atoms with Crippen molar-refractivity contribution in [3.8, 4) is 0 Å². The summed E-state index contributed by atoms with van der Waals surface area (Å²) in [7, 11) is -1.53. The Morgan fingerprint density at radius 2 is 2.00 bits per heavy atom. The maximum atomic E-state index is 12.9. The summed E-state index contributed by atoms with van der Waals surface area (Å²) >= 11 is 4.23. The molecule has 6 heteroatoms. The molecule has 0 aliphatic heterocycles. The van der Waals surface area contributed by atoms with Gasteiger partial charge in [-0.1, -0.05) is 15.9 Å². The first-order valence-corrected chi connectivity index (χ1v) is 5.43. The van der Waals surface area contributed by atoms with Gasteiger partial charge in [-0.2, -0.15) is 4.39 Å². The van der Waals surface area contributed by atoms with Crippen molar-refractivity contribution in [2.75, 3.05) is 0 Å². The number of rotatable bonds is 1. The zero-order chi connectivity index (χ0) is 10.3. The average molecular weight is 275 g/mol. The molecule has 0 spiro atoms. The van der Waals surface area contributed by atoms with Crippen LogP contribution in [-0.2, 0) is 0 Å². The second kappa shape index (κ2) is 3.62. The van der Waals surface area contributed by atoms with Crippen LogP contribution in [0.5, 0.6) is 0 Å². The summed E-state index contributed by atoms with van der Waals surface area (Å²) in [5, 5.41) is 18.4. The molecular weight excluding hydrogens is 270 g/mol. The van der Waals surface area contributed by atoms with Gasteiger partial charge < -0.3 is 10.0 Å². The van der Waals surface area contributed by atoms with Crippen LogP contribution in [0.2, 0.25) is 0 Å². The summed E-state index contributed by atoms with van der Waals surface area (Å²) in [6.45, 7) is 0. The van der Waals surface area contributed by atoms with Gasteiger partial charge in [0, 0.05) is 14.6 Å². The lowest BCUT2D eigenvalue weighted by Crippen LogP contribution is -2.29. The van der Waals surface area contributed by atoms with Crippen molar-refractivity contribution >= 4 is 49.9 Å². The lowest BCUT2D eigenvalue weighted by molar-refractivity contribution is 0.426. The maximum Gasteiger partial charge on any atom is 0.488 e. The fourth-order valence-corrected chi connectivity index (χ4v) is 2.82. The molecule has 14 heavy (non-hydrogen) atoms. The molecule has 2 nitrogen and oxygen atoms in total. The highest BCUT2D eigenvalue weighted by Gasteiger charge is 2.14. The van der Waals surface area contributed by atoms with Gasteiger partial charge >= 0.3 is 7.12 Å². The Bertz CT molecular complexity index is 485. The first kappa shape index (κ1) is 10.1. The summed E-state index contributed by atoms with van der Waals surface area (Å²) in [5.74, 6) is 0. The van der Waals surface area contributed by atoms with Gasteiger partial charge in [0.2, 0.25) is 0 Å². The van der Waals surface area contributed by atoms with Gasteiger partial charge in [0.25, 0.3) is 0 Å². The molecule has 0 radical (unpaired) electrons. The van der Waals surface area contributed by atoms with Crippen molar-refractivity contribution < 1.29 is 14.4 Å². The van der Waals surface area contributed by atoms with E-state index in [1.165, 1.54) is 6.07 Å². The SMILES string of the molecule is OB(O)c1cc(Br)c2cc(F)sc2c1. The molecule has 0 saturated heterocycles. The van der Waals surface area contributed by atoms with Crippen LogP contribution in [-0.4, -0.2) is 17.2 Å². The van der Waals surface area contributed by atoms with Crippen LogP contribution in [0, 0.1) is 5.13 Å². The van der Waals surface area contributed by atoms with E-state index in [9.17, 15) is 4.39 Å². The van der Waals surface area contributed by atoms with E-state index in [0.717, 1.165) is 16.7 Å². The Kier molecular flexibility index (Phi) is 2.61. The molecule has 72 valence electrons. The molecule has 0 fully saturated rings. The molecule has 0 bridgehead atoms. The van der Waals surface area contributed by atoms with Crippen molar-refractivity contribution in [1.82, 2.24) is 0 Å². The molecule has 1 heterocycles. The Labute approximate surface area is 92.3 Å². The normalized spacial score (nSPS) is 10.9. The van der Waals surface area contributed by atoms with E-state index in [1.807, 2.05) is 0 Å². The summed E-state index contributed by atoms with van der Waals surface area (Å²) < 4.78 is 14.3. The molecule has 0 aliphatic rings. The Hall–Kier alpha value is -0.425. The second-order valence-electron chi connectivity index (χ2n) is 2.84. The van der Waals surface area contributed by atoms with Gasteiger partial charge in [0.15, 0.2) is 5.13 Å². The number of benzene rings is 1. The van der Waals surface area contributed by atoms with Crippen LogP contribution in [0.1, 0.15) is 0 Å². The third-order valence-corrected chi connectivity index (χ3v) is 3.40. The number of hydrogen-bond acceptors (Lipinski definition) is 3. The second-order valence-corrected chi connectivity index (χ2v) is 4.73. The van der Waals surface area contributed by atoms with E-state index in [2.05, 4.69) is 15.9 Å². The summed E-state index contributed by atoms with van der Waals surface area (Å²) in [6, 6.07) is 4.55. The van der Waals surface area contributed by atoms with Crippen LogP contribution in [0.15, 0.2) is 22.7 Å². The molecule has 2 rings (SSSR count). The third-order valence-electron chi connectivity index (χ3n) is 1.88. The van der Waals surface area contributed by atoms with Crippen molar-refractivity contribution in [3.63, 3.8) is 0 Å². The Morgan fingerprint density at radius 1 is 1.29 bits per heavy atom. The van der Waals surface area contributed by atoms with Crippen molar-refractivity contribution in [1.29, 1.82) is 0 Å². The molecule has 0 saturated carbocycles. The molecule has 0 aliphatic carbocycles. The fourth-order valence-electron chi connectivity index (χ4n) is 1.23. The number of halogens is 2. The lowest BCUT2D eigenvalue weighted by Gasteiger charge is -2.00. The van der Waals surface area contributed by atoms with E-state index >= 15 is 0 Å². The van der Waals surface area contributed by atoms with E-state index < -0.39 is 7.12 Å². The molecule has 0 atom stereocenters. The van der Waals surface area contributed by atoms with E-state index in [4.69, 9.17) is 10.0 Å². The quantitative estimate of drug-likeness (QED) is 0.774. The number of hydrogen-bond donors (Lipinski definition) is 2.